The van der Waals surface area contributed by atoms with E-state index in [9.17, 15) is 32.8 Å². The topological polar surface area (TPSA) is 86.1 Å². The molecule has 0 saturated heterocycles. The molecule has 0 amide bonds. The molecular weight excluding hydrogens is 492 g/mol. The van der Waals surface area contributed by atoms with Gasteiger partial charge in [-0.2, -0.15) is 18.3 Å². The molecule has 37 heavy (non-hydrogen) atoms. The van der Waals surface area contributed by atoms with Crippen LogP contribution in [0.15, 0.2) is 66.9 Å². The maximum atomic E-state index is 14.5. The van der Waals surface area contributed by atoms with Crippen LogP contribution in [0.2, 0.25) is 0 Å². The molecule has 5 rings (SSSR count). The number of nitro benzene ring substituents is 1. The van der Waals surface area contributed by atoms with Gasteiger partial charge in [-0.3, -0.25) is 10.1 Å². The Morgan fingerprint density at radius 2 is 1.68 bits per heavy atom. The van der Waals surface area contributed by atoms with Crippen LogP contribution in [0.4, 0.5) is 23.2 Å². The van der Waals surface area contributed by atoms with Crippen molar-refractivity contribution in [2.75, 3.05) is 0 Å². The van der Waals surface area contributed by atoms with E-state index in [-0.39, 0.29) is 11.3 Å². The van der Waals surface area contributed by atoms with Crippen molar-refractivity contribution in [1.82, 2.24) is 14.3 Å². The summed E-state index contributed by atoms with van der Waals surface area (Å²) in [6.07, 6.45) is -3.68. The molecule has 1 N–H and O–H groups in total. The Morgan fingerprint density at radius 1 is 1.00 bits per heavy atom. The van der Waals surface area contributed by atoms with Crippen molar-refractivity contribution < 1.29 is 27.6 Å². The number of fused-ring (bicyclic) bond motifs is 2. The predicted molar refractivity (Wildman–Crippen MR) is 129 cm³/mol. The van der Waals surface area contributed by atoms with Crippen LogP contribution in [0, 0.1) is 29.8 Å². The summed E-state index contributed by atoms with van der Waals surface area (Å²) in [5, 5.41) is 27.4. The molecule has 0 saturated carbocycles. The Morgan fingerprint density at radius 3 is 2.32 bits per heavy atom. The highest BCUT2D eigenvalue weighted by atomic mass is 19.4. The quantitative estimate of drug-likeness (QED) is 0.175. The third-order valence-electron chi connectivity index (χ3n) is 6.81. The molecule has 0 aliphatic heterocycles. The van der Waals surface area contributed by atoms with Crippen LogP contribution < -0.4 is 0 Å². The van der Waals surface area contributed by atoms with E-state index in [4.69, 9.17) is 0 Å². The van der Waals surface area contributed by atoms with E-state index in [2.05, 4.69) is 5.10 Å². The Balaban J connectivity index is 1.62. The lowest BCUT2D eigenvalue weighted by atomic mass is 9.91. The number of aryl methyl sites for hydroxylation is 1. The van der Waals surface area contributed by atoms with Crippen LogP contribution >= 0.6 is 0 Å². The van der Waals surface area contributed by atoms with Gasteiger partial charge in [-0.25, -0.2) is 9.07 Å². The third-order valence-corrected chi connectivity index (χ3v) is 6.81. The molecule has 0 spiro atoms. The van der Waals surface area contributed by atoms with Gasteiger partial charge in [0, 0.05) is 34.1 Å². The molecule has 5 aromatic rings. The van der Waals surface area contributed by atoms with Crippen LogP contribution in [-0.4, -0.2) is 30.6 Å². The van der Waals surface area contributed by atoms with Crippen LogP contribution in [0.5, 0.6) is 0 Å². The van der Waals surface area contributed by atoms with Crippen LogP contribution in [0.25, 0.3) is 27.5 Å². The standard InChI is InChI=1S/C26H20F4N4O3/c1-15-16(2)32(24-10-8-21(34(36)37)12-22(15)24)14-25(35,26(28,29)30)18-3-9-23-17(11-18)13-31-33(23)20-6-4-19(27)5-7-20/h3-13,35H,14H2,1-2H3. The van der Waals surface area contributed by atoms with Crippen molar-refractivity contribution >= 4 is 27.5 Å². The monoisotopic (exact) mass is 512 g/mol. The first-order chi connectivity index (χ1) is 17.4. The first-order valence-electron chi connectivity index (χ1n) is 11.2. The fourth-order valence-electron chi connectivity index (χ4n) is 4.61. The molecule has 2 heterocycles. The number of hydrogen-bond donors (Lipinski definition) is 1. The molecule has 190 valence electrons. The lowest BCUT2D eigenvalue weighted by molar-refractivity contribution is -0.384. The second-order valence-corrected chi connectivity index (χ2v) is 8.92. The number of benzene rings is 3. The number of aliphatic hydroxyl groups is 1. The van der Waals surface area contributed by atoms with Gasteiger partial charge in [0.05, 0.1) is 28.9 Å². The molecule has 0 bridgehead atoms. The van der Waals surface area contributed by atoms with Crippen molar-refractivity contribution in [2.45, 2.75) is 32.2 Å². The number of rotatable bonds is 5. The minimum atomic E-state index is -5.05. The summed E-state index contributed by atoms with van der Waals surface area (Å²) >= 11 is 0. The lowest BCUT2D eigenvalue weighted by Crippen LogP contribution is -2.46. The molecule has 3 aromatic carbocycles. The number of halogens is 4. The molecule has 0 radical (unpaired) electrons. The maximum Gasteiger partial charge on any atom is 0.423 e. The van der Waals surface area contributed by atoms with Gasteiger partial charge in [0.1, 0.15) is 5.82 Å². The molecule has 1 atom stereocenters. The average Bonchev–Trinajstić information content (AvgIpc) is 3.38. The zero-order valence-electron chi connectivity index (χ0n) is 19.6. The van der Waals surface area contributed by atoms with E-state index in [1.54, 1.807) is 13.8 Å². The van der Waals surface area contributed by atoms with Gasteiger partial charge in [0.2, 0.25) is 5.60 Å². The number of nitro groups is 1. The summed E-state index contributed by atoms with van der Waals surface area (Å²) in [7, 11) is 0. The third kappa shape index (κ3) is 3.91. The zero-order valence-corrected chi connectivity index (χ0v) is 19.6. The van der Waals surface area contributed by atoms with Gasteiger partial charge in [0.15, 0.2) is 0 Å². The molecular formula is C26H20F4N4O3. The molecule has 1 unspecified atom stereocenters. The van der Waals surface area contributed by atoms with Crippen LogP contribution in [0.3, 0.4) is 0 Å². The Hall–Kier alpha value is -4.25. The highest BCUT2D eigenvalue weighted by molar-refractivity contribution is 5.87. The fourth-order valence-corrected chi connectivity index (χ4v) is 4.61. The van der Waals surface area contributed by atoms with Gasteiger partial charge in [-0.15, -0.1) is 0 Å². The molecule has 0 fully saturated rings. The number of non-ortho nitro benzene ring substituents is 1. The van der Waals surface area contributed by atoms with Gasteiger partial charge < -0.3 is 9.67 Å². The number of hydrogen-bond acceptors (Lipinski definition) is 4. The molecule has 0 aliphatic rings. The van der Waals surface area contributed by atoms with Crippen molar-refractivity contribution in [3.63, 3.8) is 0 Å². The molecule has 11 heteroatoms. The van der Waals surface area contributed by atoms with Crippen LogP contribution in [0.1, 0.15) is 16.8 Å². The maximum absolute atomic E-state index is 14.5. The lowest BCUT2D eigenvalue weighted by Gasteiger charge is -2.32. The molecule has 0 aliphatic carbocycles. The van der Waals surface area contributed by atoms with Crippen molar-refractivity contribution in [3.05, 3.63) is 99.6 Å². The second kappa shape index (κ2) is 8.41. The number of alkyl halides is 3. The summed E-state index contributed by atoms with van der Waals surface area (Å²) in [4.78, 5) is 10.6. The van der Waals surface area contributed by atoms with Crippen molar-refractivity contribution in [3.8, 4) is 5.69 Å². The Kier molecular flexibility index (Phi) is 5.56. The van der Waals surface area contributed by atoms with E-state index >= 15 is 0 Å². The van der Waals surface area contributed by atoms with E-state index < -0.39 is 29.1 Å². The average molecular weight is 512 g/mol. The molecule has 7 nitrogen and oxygen atoms in total. The predicted octanol–water partition coefficient (Wildman–Crippen LogP) is 6.09. The van der Waals surface area contributed by atoms with Gasteiger partial charge >= 0.3 is 6.18 Å². The Labute approximate surface area is 207 Å². The normalized spacial score (nSPS) is 13.8. The van der Waals surface area contributed by atoms with Gasteiger partial charge in [-0.05, 0) is 67.4 Å². The largest absolute Gasteiger partial charge is 0.423 e. The summed E-state index contributed by atoms with van der Waals surface area (Å²) in [5.74, 6) is -0.435. The minimum Gasteiger partial charge on any atom is -0.375 e. The first-order valence-corrected chi connectivity index (χ1v) is 11.2. The van der Waals surface area contributed by atoms with E-state index in [0.717, 1.165) is 0 Å². The first kappa shape index (κ1) is 24.4. The highest BCUT2D eigenvalue weighted by Gasteiger charge is 2.55. The Bertz CT molecular complexity index is 1670. The smallest absolute Gasteiger partial charge is 0.375 e. The summed E-state index contributed by atoms with van der Waals surface area (Å²) in [5.41, 5.74) is -1.46. The summed E-state index contributed by atoms with van der Waals surface area (Å²) in [6.45, 7) is 2.41. The van der Waals surface area contributed by atoms with Crippen molar-refractivity contribution in [1.29, 1.82) is 0 Å². The fraction of sp³-hybridized carbons (Fsp3) is 0.192. The van der Waals surface area contributed by atoms with E-state index in [1.165, 1.54) is 76.1 Å². The van der Waals surface area contributed by atoms with Gasteiger partial charge in [0.25, 0.3) is 5.69 Å². The van der Waals surface area contributed by atoms with E-state index in [1.807, 2.05) is 0 Å². The zero-order chi connectivity index (χ0) is 26.7. The van der Waals surface area contributed by atoms with E-state index in [0.29, 0.717) is 38.8 Å². The van der Waals surface area contributed by atoms with Crippen molar-refractivity contribution in [2.24, 2.45) is 0 Å². The SMILES string of the molecule is Cc1c(C)n(CC(O)(c2ccc3c(cnn3-c3ccc(F)cc3)c2)C(F)(F)F)c2ccc([N+](=O)[O-])cc12. The second-order valence-electron chi connectivity index (χ2n) is 8.92. The molecule has 2 aromatic heterocycles. The highest BCUT2D eigenvalue weighted by Crippen LogP contribution is 2.43. The number of nitrogens with zero attached hydrogens (tertiary/aromatic N) is 4. The van der Waals surface area contributed by atoms with Gasteiger partial charge in [-0.1, -0.05) is 6.07 Å². The summed E-state index contributed by atoms with van der Waals surface area (Å²) in [6, 6.07) is 13.3. The minimum absolute atomic E-state index is 0.178. The number of aromatic nitrogens is 3. The van der Waals surface area contributed by atoms with Crippen LogP contribution in [-0.2, 0) is 12.1 Å². The summed E-state index contributed by atoms with van der Waals surface area (Å²) < 4.78 is 59.5.